The van der Waals surface area contributed by atoms with Gasteiger partial charge in [-0.25, -0.2) is 4.98 Å². The first-order valence-corrected chi connectivity index (χ1v) is 5.92. The zero-order valence-corrected chi connectivity index (χ0v) is 10.2. The lowest BCUT2D eigenvalue weighted by atomic mass is 10.1. The summed E-state index contributed by atoms with van der Waals surface area (Å²) in [5.41, 5.74) is 5.20. The van der Waals surface area contributed by atoms with E-state index >= 15 is 0 Å². The summed E-state index contributed by atoms with van der Waals surface area (Å²) in [4.78, 5) is 4.38. The predicted molar refractivity (Wildman–Crippen MR) is 71.7 cm³/mol. The molecule has 0 saturated carbocycles. The standard InChI is InChI=1S/C15H14N2O/c1-11-8-13(7-6-12(11)9-18)17-10-16-14-4-2-3-5-15(14)17/h2-8,10,18H,9H2,1H3. The number of aliphatic hydroxyl groups excluding tert-OH is 1. The third-order valence-electron chi connectivity index (χ3n) is 3.23. The van der Waals surface area contributed by atoms with E-state index in [0.29, 0.717) is 0 Å². The van der Waals surface area contributed by atoms with E-state index in [2.05, 4.69) is 21.7 Å². The van der Waals surface area contributed by atoms with Gasteiger partial charge in [-0.15, -0.1) is 0 Å². The molecule has 3 rings (SSSR count). The van der Waals surface area contributed by atoms with Gasteiger partial charge in [0.05, 0.1) is 17.6 Å². The molecule has 0 atom stereocenters. The lowest BCUT2D eigenvalue weighted by Crippen LogP contribution is -1.95. The van der Waals surface area contributed by atoms with Crippen LogP contribution in [0.1, 0.15) is 11.1 Å². The SMILES string of the molecule is Cc1cc(-n2cnc3ccccc32)ccc1CO. The Kier molecular flexibility index (Phi) is 2.61. The minimum atomic E-state index is 0.0801. The molecular weight excluding hydrogens is 224 g/mol. The molecule has 0 amide bonds. The highest BCUT2D eigenvalue weighted by Gasteiger charge is 2.05. The lowest BCUT2D eigenvalue weighted by Gasteiger charge is -2.08. The van der Waals surface area contributed by atoms with E-state index in [4.69, 9.17) is 0 Å². The number of aryl methyl sites for hydroxylation is 1. The van der Waals surface area contributed by atoms with Crippen LogP contribution in [0.3, 0.4) is 0 Å². The van der Waals surface area contributed by atoms with Gasteiger partial charge in [0.25, 0.3) is 0 Å². The number of rotatable bonds is 2. The van der Waals surface area contributed by atoms with Gasteiger partial charge in [-0.05, 0) is 42.3 Å². The molecule has 0 bridgehead atoms. The number of hydrogen-bond acceptors (Lipinski definition) is 2. The molecule has 0 saturated heterocycles. The van der Waals surface area contributed by atoms with Crippen molar-refractivity contribution in [3.63, 3.8) is 0 Å². The summed E-state index contributed by atoms with van der Waals surface area (Å²) in [5, 5.41) is 9.19. The average molecular weight is 238 g/mol. The van der Waals surface area contributed by atoms with Gasteiger partial charge >= 0.3 is 0 Å². The van der Waals surface area contributed by atoms with E-state index < -0.39 is 0 Å². The van der Waals surface area contributed by atoms with Crippen LogP contribution >= 0.6 is 0 Å². The minimum Gasteiger partial charge on any atom is -0.392 e. The Morgan fingerprint density at radius 1 is 1.17 bits per heavy atom. The molecule has 3 nitrogen and oxygen atoms in total. The Labute approximate surface area is 105 Å². The van der Waals surface area contributed by atoms with Gasteiger partial charge in [0.1, 0.15) is 6.33 Å². The molecule has 0 unspecified atom stereocenters. The number of aromatic nitrogens is 2. The van der Waals surface area contributed by atoms with E-state index in [1.54, 1.807) is 0 Å². The van der Waals surface area contributed by atoms with Crippen molar-refractivity contribution in [3.05, 3.63) is 59.9 Å². The Morgan fingerprint density at radius 3 is 2.78 bits per heavy atom. The molecule has 1 N–H and O–H groups in total. The normalized spacial score (nSPS) is 11.0. The maximum atomic E-state index is 9.19. The molecule has 0 fully saturated rings. The number of aliphatic hydroxyl groups is 1. The topological polar surface area (TPSA) is 38.0 Å². The molecule has 0 aliphatic carbocycles. The summed E-state index contributed by atoms with van der Waals surface area (Å²) in [6.07, 6.45) is 1.83. The van der Waals surface area contributed by atoms with E-state index in [1.165, 1.54) is 0 Å². The monoisotopic (exact) mass is 238 g/mol. The summed E-state index contributed by atoms with van der Waals surface area (Å²) >= 11 is 0. The Bertz CT molecular complexity index is 701. The molecule has 1 heterocycles. The smallest absolute Gasteiger partial charge is 0.100 e. The van der Waals surface area contributed by atoms with Crippen LogP contribution < -0.4 is 0 Å². The average Bonchev–Trinajstić information content (AvgIpc) is 2.82. The van der Waals surface area contributed by atoms with Crippen LogP contribution in [0.25, 0.3) is 16.7 Å². The minimum absolute atomic E-state index is 0.0801. The molecule has 2 aromatic carbocycles. The fourth-order valence-corrected chi connectivity index (χ4v) is 2.17. The van der Waals surface area contributed by atoms with E-state index in [9.17, 15) is 5.11 Å². The lowest BCUT2D eigenvalue weighted by molar-refractivity contribution is 0.281. The molecule has 0 aliphatic heterocycles. The quantitative estimate of drug-likeness (QED) is 0.745. The highest BCUT2D eigenvalue weighted by molar-refractivity contribution is 5.77. The van der Waals surface area contributed by atoms with Gasteiger partial charge < -0.3 is 5.11 Å². The first-order valence-electron chi connectivity index (χ1n) is 5.92. The number of imidazole rings is 1. The summed E-state index contributed by atoms with van der Waals surface area (Å²) < 4.78 is 2.06. The molecule has 0 spiro atoms. The Balaban J connectivity index is 2.17. The van der Waals surface area contributed by atoms with E-state index in [0.717, 1.165) is 27.8 Å². The van der Waals surface area contributed by atoms with Crippen LogP contribution in [0.15, 0.2) is 48.8 Å². The molecule has 1 aromatic heterocycles. The Hall–Kier alpha value is -2.13. The van der Waals surface area contributed by atoms with Gasteiger partial charge in [0, 0.05) is 5.69 Å². The molecule has 18 heavy (non-hydrogen) atoms. The first-order chi connectivity index (χ1) is 8.79. The van der Waals surface area contributed by atoms with Crippen molar-refractivity contribution >= 4 is 11.0 Å². The summed E-state index contributed by atoms with van der Waals surface area (Å²) in [6, 6.07) is 14.1. The van der Waals surface area contributed by atoms with Crippen molar-refractivity contribution in [3.8, 4) is 5.69 Å². The van der Waals surface area contributed by atoms with Gasteiger partial charge in [0.15, 0.2) is 0 Å². The van der Waals surface area contributed by atoms with Crippen molar-refractivity contribution in [2.75, 3.05) is 0 Å². The third kappa shape index (κ3) is 1.69. The number of fused-ring (bicyclic) bond motifs is 1. The van der Waals surface area contributed by atoms with Crippen molar-refractivity contribution in [2.24, 2.45) is 0 Å². The highest BCUT2D eigenvalue weighted by atomic mass is 16.3. The van der Waals surface area contributed by atoms with Crippen molar-refractivity contribution < 1.29 is 5.11 Å². The maximum Gasteiger partial charge on any atom is 0.100 e. The number of benzene rings is 2. The largest absolute Gasteiger partial charge is 0.392 e. The van der Waals surface area contributed by atoms with Crippen molar-refractivity contribution in [1.29, 1.82) is 0 Å². The molecule has 90 valence electrons. The van der Waals surface area contributed by atoms with Crippen LogP contribution in [0.2, 0.25) is 0 Å². The fraction of sp³-hybridized carbons (Fsp3) is 0.133. The first kappa shape index (κ1) is 11.0. The van der Waals surface area contributed by atoms with Crippen LogP contribution in [0.5, 0.6) is 0 Å². The van der Waals surface area contributed by atoms with Crippen LogP contribution in [0.4, 0.5) is 0 Å². The number of hydrogen-bond donors (Lipinski definition) is 1. The van der Waals surface area contributed by atoms with E-state index in [1.807, 2.05) is 43.6 Å². The van der Waals surface area contributed by atoms with Crippen molar-refractivity contribution in [2.45, 2.75) is 13.5 Å². The molecule has 0 aliphatic rings. The maximum absolute atomic E-state index is 9.19. The molecule has 3 heteroatoms. The third-order valence-corrected chi connectivity index (χ3v) is 3.23. The summed E-state index contributed by atoms with van der Waals surface area (Å²) in [5.74, 6) is 0. The van der Waals surface area contributed by atoms with Gasteiger partial charge in [-0.2, -0.15) is 0 Å². The zero-order chi connectivity index (χ0) is 12.5. The van der Waals surface area contributed by atoms with Crippen LogP contribution in [-0.2, 0) is 6.61 Å². The fourth-order valence-electron chi connectivity index (χ4n) is 2.17. The van der Waals surface area contributed by atoms with E-state index in [-0.39, 0.29) is 6.61 Å². The van der Waals surface area contributed by atoms with Crippen LogP contribution in [0, 0.1) is 6.92 Å². The van der Waals surface area contributed by atoms with Crippen LogP contribution in [-0.4, -0.2) is 14.7 Å². The summed E-state index contributed by atoms with van der Waals surface area (Å²) in [7, 11) is 0. The number of para-hydroxylation sites is 2. The Morgan fingerprint density at radius 2 is 2.00 bits per heavy atom. The van der Waals surface area contributed by atoms with Gasteiger partial charge in [-0.1, -0.05) is 18.2 Å². The molecule has 0 radical (unpaired) electrons. The second-order valence-corrected chi connectivity index (χ2v) is 4.37. The van der Waals surface area contributed by atoms with Gasteiger partial charge in [0.2, 0.25) is 0 Å². The predicted octanol–water partition coefficient (Wildman–Crippen LogP) is 2.83. The zero-order valence-electron chi connectivity index (χ0n) is 10.2. The van der Waals surface area contributed by atoms with Crippen molar-refractivity contribution in [1.82, 2.24) is 9.55 Å². The second kappa shape index (κ2) is 4.27. The molecule has 3 aromatic rings. The second-order valence-electron chi connectivity index (χ2n) is 4.37. The summed E-state index contributed by atoms with van der Waals surface area (Å²) in [6.45, 7) is 2.09. The molecular formula is C15H14N2O. The number of nitrogens with zero attached hydrogens (tertiary/aromatic N) is 2. The highest BCUT2D eigenvalue weighted by Crippen LogP contribution is 2.20. The van der Waals surface area contributed by atoms with Gasteiger partial charge in [-0.3, -0.25) is 4.57 Å².